The molecule has 2 heterocycles. The Balaban J connectivity index is 0.000000300. The number of aromatic amines is 1. The summed E-state index contributed by atoms with van der Waals surface area (Å²) in [5.74, 6) is -0.0691. The highest BCUT2D eigenvalue weighted by molar-refractivity contribution is 5.90. The van der Waals surface area contributed by atoms with Gasteiger partial charge in [-0.2, -0.15) is 13.2 Å². The molecule has 1 aliphatic carbocycles. The Morgan fingerprint density at radius 3 is 2.21 bits per heavy atom. The molecule has 0 bridgehead atoms. The molecule has 34 heavy (non-hydrogen) atoms. The molecule has 1 aliphatic heterocycles. The van der Waals surface area contributed by atoms with E-state index in [4.69, 9.17) is 5.41 Å². The highest BCUT2D eigenvalue weighted by atomic mass is 19.4. The molecule has 1 saturated carbocycles. The smallest absolute Gasteiger partial charge is 0.356 e. The van der Waals surface area contributed by atoms with Crippen LogP contribution >= 0.6 is 0 Å². The van der Waals surface area contributed by atoms with Crippen LogP contribution in [0.4, 0.5) is 17.6 Å². The molecule has 9 heteroatoms. The minimum absolute atomic E-state index is 0.0295. The van der Waals surface area contributed by atoms with Gasteiger partial charge < -0.3 is 15.7 Å². The third-order valence-electron chi connectivity index (χ3n) is 6.20. The number of rotatable bonds is 4. The van der Waals surface area contributed by atoms with E-state index < -0.39 is 18.3 Å². The Hall–Kier alpha value is -2.19. The highest BCUT2D eigenvalue weighted by Gasteiger charge is 2.42. The van der Waals surface area contributed by atoms with Gasteiger partial charge in [0.05, 0.1) is 17.8 Å². The molecular formula is C25H40F4N4O. The number of imidazole rings is 1. The number of allylic oxidation sites excluding steroid dienone is 2. The van der Waals surface area contributed by atoms with Gasteiger partial charge in [-0.1, -0.05) is 19.4 Å². The molecule has 3 N–H and O–H groups in total. The highest BCUT2D eigenvalue weighted by Crippen LogP contribution is 2.43. The van der Waals surface area contributed by atoms with E-state index in [1.807, 2.05) is 13.0 Å². The lowest BCUT2D eigenvalue weighted by atomic mass is 9.79. The van der Waals surface area contributed by atoms with E-state index in [2.05, 4.69) is 29.1 Å². The molecule has 1 amide bonds. The van der Waals surface area contributed by atoms with E-state index in [-0.39, 0.29) is 37.5 Å². The van der Waals surface area contributed by atoms with Crippen LogP contribution in [0, 0.1) is 30.1 Å². The van der Waals surface area contributed by atoms with Crippen LogP contribution in [0.15, 0.2) is 17.8 Å². The fraction of sp³-hybridized carbons (Fsp3) is 0.720. The minimum atomic E-state index is -4.14. The lowest BCUT2D eigenvalue weighted by Crippen LogP contribution is -2.33. The third-order valence-corrected chi connectivity index (χ3v) is 6.20. The Labute approximate surface area is 200 Å². The number of hydrogen-bond donors (Lipinski definition) is 3. The van der Waals surface area contributed by atoms with Crippen molar-refractivity contribution in [1.29, 1.82) is 5.41 Å². The molecule has 3 rings (SSSR count). The second-order valence-corrected chi connectivity index (χ2v) is 9.45. The molecule has 1 aromatic heterocycles. The van der Waals surface area contributed by atoms with E-state index >= 15 is 0 Å². The van der Waals surface area contributed by atoms with Crippen molar-refractivity contribution < 1.29 is 22.4 Å². The average molecular weight is 489 g/mol. The molecule has 2 fully saturated rings. The molecule has 1 aromatic rings. The van der Waals surface area contributed by atoms with Gasteiger partial charge in [-0.05, 0) is 77.2 Å². The molecule has 2 aliphatic rings. The zero-order valence-electron chi connectivity index (χ0n) is 21.0. The van der Waals surface area contributed by atoms with Crippen molar-refractivity contribution in [3.05, 3.63) is 29.4 Å². The quantitative estimate of drug-likeness (QED) is 0.315. The first-order valence-corrected chi connectivity index (χ1v) is 12.0. The van der Waals surface area contributed by atoms with Crippen molar-refractivity contribution in [3.8, 4) is 0 Å². The van der Waals surface area contributed by atoms with E-state index in [0.717, 1.165) is 25.8 Å². The van der Waals surface area contributed by atoms with Crippen molar-refractivity contribution in [2.75, 3.05) is 6.54 Å². The predicted molar refractivity (Wildman–Crippen MR) is 128 cm³/mol. The summed E-state index contributed by atoms with van der Waals surface area (Å²) in [5.41, 5.74) is 2.30. The molecule has 0 aromatic carbocycles. The number of aromatic nitrogens is 2. The summed E-state index contributed by atoms with van der Waals surface area (Å²) < 4.78 is 51.6. The van der Waals surface area contributed by atoms with Crippen molar-refractivity contribution >= 4 is 11.6 Å². The molecule has 2 unspecified atom stereocenters. The first-order valence-electron chi connectivity index (χ1n) is 12.0. The van der Waals surface area contributed by atoms with Crippen molar-refractivity contribution in [2.24, 2.45) is 17.8 Å². The Morgan fingerprint density at radius 1 is 1.24 bits per heavy atom. The summed E-state index contributed by atoms with van der Waals surface area (Å²) >= 11 is 0. The number of halogens is 4. The maximum absolute atomic E-state index is 14.1. The number of carbonyl (C=O) groups excluding carboxylic acids is 1. The van der Waals surface area contributed by atoms with Crippen molar-refractivity contribution in [1.82, 2.24) is 15.3 Å². The average Bonchev–Trinajstić information content (AvgIpc) is 3.21. The Morgan fingerprint density at radius 2 is 1.85 bits per heavy atom. The molecule has 2 atom stereocenters. The van der Waals surface area contributed by atoms with Gasteiger partial charge in [-0.15, -0.1) is 0 Å². The Kier molecular flexibility index (Phi) is 12.5. The topological polar surface area (TPSA) is 81.6 Å². The van der Waals surface area contributed by atoms with E-state index in [9.17, 15) is 22.4 Å². The van der Waals surface area contributed by atoms with Crippen LogP contribution in [-0.4, -0.2) is 34.3 Å². The SMILES string of the molecule is CC1CCC(=O)NC1.CCC(C)=CC(C)=N.Cc1ncc(C(F)C2CCC(C(F)(F)F)CC2)[nH]1. The maximum atomic E-state index is 14.1. The van der Waals surface area contributed by atoms with Gasteiger partial charge in [0.15, 0.2) is 0 Å². The second kappa shape index (κ2) is 14.3. The molecular weight excluding hydrogens is 448 g/mol. The monoisotopic (exact) mass is 488 g/mol. The van der Waals surface area contributed by atoms with Crippen molar-refractivity contribution in [2.45, 2.75) is 91.9 Å². The van der Waals surface area contributed by atoms with Gasteiger partial charge in [0.2, 0.25) is 5.91 Å². The lowest BCUT2D eigenvalue weighted by molar-refractivity contribution is -0.185. The zero-order chi connectivity index (χ0) is 25.9. The van der Waals surface area contributed by atoms with Gasteiger partial charge in [0.1, 0.15) is 12.0 Å². The van der Waals surface area contributed by atoms with Gasteiger partial charge in [0, 0.05) is 18.7 Å². The fourth-order valence-electron chi connectivity index (χ4n) is 3.90. The fourth-order valence-corrected chi connectivity index (χ4v) is 3.90. The van der Waals surface area contributed by atoms with Crippen LogP contribution in [0.2, 0.25) is 0 Å². The van der Waals surface area contributed by atoms with Crippen LogP contribution in [0.1, 0.15) is 90.3 Å². The number of carbonyl (C=O) groups is 1. The van der Waals surface area contributed by atoms with Crippen LogP contribution in [0.5, 0.6) is 0 Å². The summed E-state index contributed by atoms with van der Waals surface area (Å²) in [5, 5.41) is 9.84. The van der Waals surface area contributed by atoms with Gasteiger partial charge in [-0.25, -0.2) is 9.37 Å². The van der Waals surface area contributed by atoms with Gasteiger partial charge >= 0.3 is 6.18 Å². The first-order chi connectivity index (χ1) is 15.8. The molecule has 0 radical (unpaired) electrons. The Bertz CT molecular complexity index is 785. The van der Waals surface area contributed by atoms with Gasteiger partial charge in [0.25, 0.3) is 0 Å². The number of alkyl halides is 4. The summed E-state index contributed by atoms with van der Waals surface area (Å²) in [6.07, 6.45) is 1.40. The molecule has 1 saturated heterocycles. The van der Waals surface area contributed by atoms with Crippen LogP contribution in [0.25, 0.3) is 0 Å². The lowest BCUT2D eigenvalue weighted by Gasteiger charge is -2.31. The zero-order valence-corrected chi connectivity index (χ0v) is 21.0. The summed E-state index contributed by atoms with van der Waals surface area (Å²) in [6, 6.07) is 0. The van der Waals surface area contributed by atoms with E-state index in [0.29, 0.717) is 23.1 Å². The van der Waals surface area contributed by atoms with Crippen molar-refractivity contribution in [3.63, 3.8) is 0 Å². The standard InChI is InChI=1S/C12H16F4N2.C7H13N.C6H11NO/c1-7-17-6-10(18-7)11(13)8-2-4-9(5-3-8)12(14,15)16;1-4-6(2)5-7(3)8;1-5-2-3-6(8)7-4-5/h6,8-9,11H,2-5H2,1H3,(H,17,18);5,8H,4H2,1-3H3;5H,2-4H2,1H3,(H,7,8). The first kappa shape index (κ1) is 29.8. The number of amides is 1. The summed E-state index contributed by atoms with van der Waals surface area (Å²) in [4.78, 5) is 17.2. The number of aryl methyl sites for hydroxylation is 1. The minimum Gasteiger partial charge on any atom is -0.356 e. The van der Waals surface area contributed by atoms with Crippen LogP contribution in [-0.2, 0) is 4.79 Å². The molecule has 194 valence electrons. The van der Waals surface area contributed by atoms with Crippen LogP contribution in [0.3, 0.4) is 0 Å². The molecule has 5 nitrogen and oxygen atoms in total. The van der Waals surface area contributed by atoms with E-state index in [1.54, 1.807) is 13.8 Å². The largest absolute Gasteiger partial charge is 0.391 e. The van der Waals surface area contributed by atoms with Crippen LogP contribution < -0.4 is 5.32 Å². The summed E-state index contributed by atoms with van der Waals surface area (Å²) in [7, 11) is 0. The van der Waals surface area contributed by atoms with E-state index in [1.165, 1.54) is 11.8 Å². The maximum Gasteiger partial charge on any atom is 0.391 e. The summed E-state index contributed by atoms with van der Waals surface area (Å²) in [6.45, 7) is 10.7. The number of piperidine rings is 1. The number of nitrogens with zero attached hydrogens (tertiary/aromatic N) is 1. The number of H-pyrrole nitrogens is 1. The third kappa shape index (κ3) is 11.3. The number of nitrogens with one attached hydrogen (secondary N) is 3. The second-order valence-electron chi connectivity index (χ2n) is 9.45. The number of hydrogen-bond acceptors (Lipinski definition) is 3. The van der Waals surface area contributed by atoms with Gasteiger partial charge in [-0.3, -0.25) is 4.79 Å². The predicted octanol–water partition coefficient (Wildman–Crippen LogP) is 7.01. The normalized spacial score (nSPS) is 24.1. The molecule has 0 spiro atoms.